The van der Waals surface area contributed by atoms with Gasteiger partial charge >= 0.3 is 0 Å². The van der Waals surface area contributed by atoms with Gasteiger partial charge in [-0.1, -0.05) is 11.6 Å². The van der Waals surface area contributed by atoms with Crippen LogP contribution in [0.2, 0.25) is 5.15 Å². The maximum atomic E-state index is 10.7. The highest BCUT2D eigenvalue weighted by atomic mass is 79.9. The van der Waals surface area contributed by atoms with Gasteiger partial charge in [-0.2, -0.15) is 5.10 Å². The summed E-state index contributed by atoms with van der Waals surface area (Å²) in [6, 6.07) is 6.05. The van der Waals surface area contributed by atoms with Crippen molar-refractivity contribution in [2.45, 2.75) is 0 Å². The number of benzene rings is 1. The van der Waals surface area contributed by atoms with Crippen molar-refractivity contribution >= 4 is 44.6 Å². The van der Waals surface area contributed by atoms with Crippen molar-refractivity contribution in [1.82, 2.24) is 14.6 Å². The van der Waals surface area contributed by atoms with Crippen molar-refractivity contribution < 1.29 is 4.92 Å². The Labute approximate surface area is 131 Å². The number of nitrogens with zero attached hydrogens (tertiary/aromatic N) is 4. The summed E-state index contributed by atoms with van der Waals surface area (Å²) in [5.74, 6) is 0.284. The lowest BCUT2D eigenvalue weighted by Gasteiger charge is -1.98. The third-order valence-electron chi connectivity index (χ3n) is 2.93. The molecule has 106 valence electrons. The van der Waals surface area contributed by atoms with Gasteiger partial charge in [-0.05, 0) is 28.1 Å². The highest BCUT2D eigenvalue weighted by Crippen LogP contribution is 2.34. The maximum absolute atomic E-state index is 10.7. The number of hydrogen-bond acceptors (Lipinski definition) is 5. The number of nitro benzene ring substituents is 1. The molecule has 0 aliphatic heterocycles. The Morgan fingerprint density at radius 3 is 2.57 bits per heavy atom. The molecule has 0 fully saturated rings. The van der Waals surface area contributed by atoms with E-state index in [1.54, 1.807) is 12.1 Å². The number of rotatable bonds is 2. The van der Waals surface area contributed by atoms with Gasteiger partial charge in [0.25, 0.3) is 5.69 Å². The molecule has 0 spiro atoms. The average molecular weight is 369 g/mol. The molecule has 2 N–H and O–H groups in total. The van der Waals surface area contributed by atoms with Crippen LogP contribution in [0, 0.1) is 10.1 Å². The van der Waals surface area contributed by atoms with Crippen molar-refractivity contribution in [1.29, 1.82) is 0 Å². The Morgan fingerprint density at radius 2 is 2.00 bits per heavy atom. The molecule has 21 heavy (non-hydrogen) atoms. The Balaban J connectivity index is 2.21. The minimum Gasteiger partial charge on any atom is -0.382 e. The van der Waals surface area contributed by atoms with Gasteiger partial charge in [0, 0.05) is 17.7 Å². The normalized spacial score (nSPS) is 11.0. The molecule has 0 atom stereocenters. The molecule has 3 aromatic rings. The van der Waals surface area contributed by atoms with Crippen LogP contribution in [0.15, 0.2) is 34.9 Å². The number of fused-ring (bicyclic) bond motifs is 1. The van der Waals surface area contributed by atoms with Crippen LogP contribution in [0.3, 0.4) is 0 Å². The Morgan fingerprint density at radius 1 is 1.33 bits per heavy atom. The molecule has 0 aliphatic carbocycles. The Bertz CT molecular complexity index is 862. The molecule has 9 heteroatoms. The van der Waals surface area contributed by atoms with Crippen LogP contribution in [0.4, 0.5) is 11.5 Å². The molecule has 7 nitrogen and oxygen atoms in total. The first-order valence-electron chi connectivity index (χ1n) is 5.72. The summed E-state index contributed by atoms with van der Waals surface area (Å²) in [5, 5.41) is 15.4. The van der Waals surface area contributed by atoms with E-state index in [0.29, 0.717) is 26.4 Å². The van der Waals surface area contributed by atoms with Gasteiger partial charge in [-0.25, -0.2) is 9.50 Å². The molecule has 0 amide bonds. The van der Waals surface area contributed by atoms with Crippen LogP contribution in [0.25, 0.3) is 16.8 Å². The fraction of sp³-hybridized carbons (Fsp3) is 0. The minimum atomic E-state index is -0.457. The number of halogens is 2. The van der Waals surface area contributed by atoms with E-state index in [4.69, 9.17) is 17.3 Å². The van der Waals surface area contributed by atoms with Gasteiger partial charge in [-0.15, -0.1) is 0 Å². The lowest BCUT2D eigenvalue weighted by Crippen LogP contribution is -1.97. The van der Waals surface area contributed by atoms with Crippen LogP contribution in [-0.2, 0) is 0 Å². The molecule has 2 heterocycles. The molecule has 3 rings (SSSR count). The lowest BCUT2D eigenvalue weighted by atomic mass is 10.1. The van der Waals surface area contributed by atoms with E-state index in [9.17, 15) is 10.1 Å². The fourth-order valence-electron chi connectivity index (χ4n) is 1.94. The summed E-state index contributed by atoms with van der Waals surface area (Å²) in [6.07, 6.45) is 1.41. The fourth-order valence-corrected chi connectivity index (χ4v) is 2.79. The molecular formula is C12H7BrClN5O2. The molecule has 0 aliphatic rings. The van der Waals surface area contributed by atoms with Crippen molar-refractivity contribution in [2.75, 3.05) is 5.73 Å². The second-order valence-corrected chi connectivity index (χ2v) is 5.37. The van der Waals surface area contributed by atoms with Gasteiger partial charge in [0.1, 0.15) is 16.4 Å². The van der Waals surface area contributed by atoms with Crippen LogP contribution in [0.5, 0.6) is 0 Å². The van der Waals surface area contributed by atoms with Crippen LogP contribution < -0.4 is 5.73 Å². The summed E-state index contributed by atoms with van der Waals surface area (Å²) in [7, 11) is 0. The third kappa shape index (κ3) is 2.22. The summed E-state index contributed by atoms with van der Waals surface area (Å²) >= 11 is 9.47. The molecule has 0 bridgehead atoms. The zero-order chi connectivity index (χ0) is 15.1. The highest BCUT2D eigenvalue weighted by molar-refractivity contribution is 9.10. The quantitative estimate of drug-likeness (QED) is 0.552. The topological polar surface area (TPSA) is 99.3 Å². The smallest absolute Gasteiger partial charge is 0.269 e. The first kappa shape index (κ1) is 13.8. The zero-order valence-electron chi connectivity index (χ0n) is 10.3. The molecule has 0 saturated heterocycles. The molecule has 0 unspecified atom stereocenters. The van der Waals surface area contributed by atoms with Crippen LogP contribution >= 0.6 is 27.5 Å². The first-order chi connectivity index (χ1) is 9.99. The van der Waals surface area contributed by atoms with Gasteiger partial charge in [-0.3, -0.25) is 10.1 Å². The van der Waals surface area contributed by atoms with Crippen molar-refractivity contribution in [2.24, 2.45) is 0 Å². The highest BCUT2D eigenvalue weighted by Gasteiger charge is 2.17. The van der Waals surface area contributed by atoms with Gasteiger partial charge in [0.05, 0.1) is 15.6 Å². The summed E-state index contributed by atoms with van der Waals surface area (Å²) in [4.78, 5) is 14.2. The number of hydrogen-bond donors (Lipinski definition) is 1. The molecule has 0 saturated carbocycles. The minimum absolute atomic E-state index is 0.0119. The van der Waals surface area contributed by atoms with E-state index in [1.165, 1.54) is 22.8 Å². The standard InChI is InChI=1S/C12H7BrClN5O2/c13-9-10(6-1-3-7(4-2-6)19(20)21)17-18-8(14)5-16-12(15)11(9)18/h1-5H,(H2,15,16). The second kappa shape index (κ2) is 4.97. The molecule has 0 radical (unpaired) electrons. The summed E-state index contributed by atoms with van der Waals surface area (Å²) in [6.45, 7) is 0. The summed E-state index contributed by atoms with van der Waals surface area (Å²) < 4.78 is 2.09. The van der Waals surface area contributed by atoms with E-state index in [2.05, 4.69) is 26.0 Å². The van der Waals surface area contributed by atoms with Crippen molar-refractivity contribution in [3.05, 3.63) is 50.2 Å². The zero-order valence-corrected chi connectivity index (χ0v) is 12.7. The average Bonchev–Trinajstić information content (AvgIpc) is 2.82. The second-order valence-electron chi connectivity index (χ2n) is 4.19. The van der Waals surface area contributed by atoms with E-state index in [1.807, 2.05) is 0 Å². The largest absolute Gasteiger partial charge is 0.382 e. The molecule has 2 aromatic heterocycles. The molecular weight excluding hydrogens is 362 g/mol. The van der Waals surface area contributed by atoms with Gasteiger partial charge in [0.2, 0.25) is 0 Å². The van der Waals surface area contributed by atoms with Gasteiger partial charge in [0.15, 0.2) is 5.82 Å². The number of nitrogens with two attached hydrogens (primary N) is 1. The lowest BCUT2D eigenvalue weighted by molar-refractivity contribution is -0.384. The van der Waals surface area contributed by atoms with E-state index >= 15 is 0 Å². The predicted molar refractivity (Wildman–Crippen MR) is 82.2 cm³/mol. The van der Waals surface area contributed by atoms with E-state index in [0.717, 1.165) is 0 Å². The third-order valence-corrected chi connectivity index (χ3v) is 3.94. The number of nitrogen functional groups attached to an aromatic ring is 1. The maximum Gasteiger partial charge on any atom is 0.269 e. The number of non-ortho nitro benzene ring substituents is 1. The molecule has 1 aromatic carbocycles. The first-order valence-corrected chi connectivity index (χ1v) is 6.89. The van der Waals surface area contributed by atoms with Gasteiger partial charge < -0.3 is 5.73 Å². The number of aromatic nitrogens is 3. The van der Waals surface area contributed by atoms with Crippen molar-refractivity contribution in [3.63, 3.8) is 0 Å². The monoisotopic (exact) mass is 367 g/mol. The number of anilines is 1. The van der Waals surface area contributed by atoms with E-state index in [-0.39, 0.29) is 11.5 Å². The number of nitro groups is 1. The Hall–Kier alpha value is -2.19. The van der Waals surface area contributed by atoms with E-state index < -0.39 is 4.92 Å². The predicted octanol–water partition coefficient (Wildman–Crippen LogP) is 3.30. The van der Waals surface area contributed by atoms with Crippen LogP contribution in [-0.4, -0.2) is 19.5 Å². The Kier molecular flexibility index (Phi) is 3.26. The van der Waals surface area contributed by atoms with Crippen molar-refractivity contribution in [3.8, 4) is 11.3 Å². The SMILES string of the molecule is Nc1ncc(Cl)n2nc(-c3ccc([N+](=O)[O-])cc3)c(Br)c12. The summed E-state index contributed by atoms with van der Waals surface area (Å²) in [5.41, 5.74) is 7.67. The van der Waals surface area contributed by atoms with Crippen LogP contribution in [0.1, 0.15) is 0 Å².